The first kappa shape index (κ1) is 22.9. The van der Waals surface area contributed by atoms with E-state index >= 15 is 0 Å². The molecule has 32 heavy (non-hydrogen) atoms. The molecule has 0 saturated carbocycles. The molecule has 0 saturated heterocycles. The molecule has 0 unspecified atom stereocenters. The fourth-order valence-corrected chi connectivity index (χ4v) is 2.69. The number of nitrogen functional groups attached to an aromatic ring is 1. The molecular weight excluding hydrogens is 432 g/mol. The molecule has 0 aliphatic rings. The summed E-state index contributed by atoms with van der Waals surface area (Å²) in [6.07, 6.45) is 0.898. The predicted molar refractivity (Wildman–Crippen MR) is 124 cm³/mol. The van der Waals surface area contributed by atoms with Crippen LogP contribution in [0.25, 0.3) is 0 Å². The Morgan fingerprint density at radius 3 is 2.31 bits per heavy atom. The Hall–Kier alpha value is -3.78. The topological polar surface area (TPSA) is 116 Å². The molecule has 8 nitrogen and oxygen atoms in total. The second-order valence-corrected chi connectivity index (χ2v) is 8.26. The van der Waals surface area contributed by atoms with Crippen molar-refractivity contribution in [3.63, 3.8) is 0 Å². The normalized spacial score (nSPS) is 10.9. The minimum atomic E-state index is -0.584. The standard InChI is InChI=1S/C23H23ClN4O4/c1-23(2,3)32-22(30)27-16-6-8-17(9-7-16)31-19-10-4-14(12-18(19)25)21(29)28-20-11-5-15(24)13-26-20/h4-13H,25H2,1-3H3,(H,27,30)(H,26,28,29). The highest BCUT2D eigenvalue weighted by Crippen LogP contribution is 2.29. The molecule has 0 aliphatic carbocycles. The minimum Gasteiger partial charge on any atom is -0.455 e. The van der Waals surface area contributed by atoms with Crippen molar-refractivity contribution < 1.29 is 19.1 Å². The van der Waals surface area contributed by atoms with Crippen LogP contribution in [-0.4, -0.2) is 22.6 Å². The van der Waals surface area contributed by atoms with Crippen LogP contribution in [0.4, 0.5) is 22.0 Å². The molecule has 0 atom stereocenters. The largest absolute Gasteiger partial charge is 0.455 e. The number of aromatic nitrogens is 1. The van der Waals surface area contributed by atoms with Crippen LogP contribution in [-0.2, 0) is 4.74 Å². The molecule has 1 heterocycles. The lowest BCUT2D eigenvalue weighted by Gasteiger charge is -2.19. The number of benzene rings is 2. The van der Waals surface area contributed by atoms with Gasteiger partial charge in [0, 0.05) is 17.4 Å². The number of amides is 2. The summed E-state index contributed by atoms with van der Waals surface area (Å²) in [6, 6.07) is 14.7. The van der Waals surface area contributed by atoms with Gasteiger partial charge in [-0.2, -0.15) is 0 Å². The SMILES string of the molecule is CC(C)(C)OC(=O)Nc1ccc(Oc2ccc(C(=O)Nc3ccc(Cl)cn3)cc2N)cc1. The van der Waals surface area contributed by atoms with E-state index in [4.69, 9.17) is 26.8 Å². The number of nitrogens with zero attached hydrogens (tertiary/aromatic N) is 1. The van der Waals surface area contributed by atoms with Crippen molar-refractivity contribution in [3.05, 3.63) is 71.4 Å². The van der Waals surface area contributed by atoms with Crippen molar-refractivity contribution in [1.82, 2.24) is 4.98 Å². The lowest BCUT2D eigenvalue weighted by molar-refractivity contribution is 0.0635. The summed E-state index contributed by atoms with van der Waals surface area (Å²) in [7, 11) is 0. The lowest BCUT2D eigenvalue weighted by Crippen LogP contribution is -2.27. The van der Waals surface area contributed by atoms with Gasteiger partial charge in [0.15, 0.2) is 0 Å². The third-order valence-electron chi connectivity index (χ3n) is 3.97. The van der Waals surface area contributed by atoms with Crippen molar-refractivity contribution in [3.8, 4) is 11.5 Å². The van der Waals surface area contributed by atoms with Crippen LogP contribution in [0.3, 0.4) is 0 Å². The number of nitrogens with one attached hydrogen (secondary N) is 2. The Bertz CT molecular complexity index is 1110. The van der Waals surface area contributed by atoms with Crippen LogP contribution >= 0.6 is 11.6 Å². The number of anilines is 3. The maximum Gasteiger partial charge on any atom is 0.412 e. The number of halogens is 1. The minimum absolute atomic E-state index is 0.290. The fraction of sp³-hybridized carbons (Fsp3) is 0.174. The first-order valence-electron chi connectivity index (χ1n) is 9.69. The summed E-state index contributed by atoms with van der Waals surface area (Å²) in [4.78, 5) is 28.3. The maximum absolute atomic E-state index is 12.4. The van der Waals surface area contributed by atoms with Crippen molar-refractivity contribution in [2.24, 2.45) is 0 Å². The van der Waals surface area contributed by atoms with E-state index in [1.807, 2.05) is 0 Å². The molecule has 0 radical (unpaired) electrons. The van der Waals surface area contributed by atoms with Gasteiger partial charge in [-0.15, -0.1) is 0 Å². The van der Waals surface area contributed by atoms with Crippen LogP contribution in [0.15, 0.2) is 60.8 Å². The Labute approximate surface area is 190 Å². The molecule has 4 N–H and O–H groups in total. The predicted octanol–water partition coefficient (Wildman–Crippen LogP) is 5.71. The van der Waals surface area contributed by atoms with E-state index in [9.17, 15) is 9.59 Å². The number of carbonyl (C=O) groups is 2. The molecule has 3 rings (SSSR count). The van der Waals surface area contributed by atoms with Crippen LogP contribution in [0.1, 0.15) is 31.1 Å². The fourth-order valence-electron chi connectivity index (χ4n) is 2.58. The Balaban J connectivity index is 1.62. The Morgan fingerprint density at radius 1 is 1.00 bits per heavy atom. The summed E-state index contributed by atoms with van der Waals surface area (Å²) in [5, 5.41) is 5.79. The molecule has 3 aromatic rings. The average molecular weight is 455 g/mol. The zero-order chi connectivity index (χ0) is 23.3. The van der Waals surface area contributed by atoms with Gasteiger partial charge in [0.25, 0.3) is 5.91 Å². The van der Waals surface area contributed by atoms with Crippen LogP contribution < -0.4 is 21.1 Å². The van der Waals surface area contributed by atoms with Crippen LogP contribution in [0.5, 0.6) is 11.5 Å². The summed E-state index contributed by atoms with van der Waals surface area (Å²) in [6.45, 7) is 5.37. The molecule has 1 aromatic heterocycles. The van der Waals surface area contributed by atoms with Crippen LogP contribution in [0.2, 0.25) is 5.02 Å². The van der Waals surface area contributed by atoms with Gasteiger partial charge in [-0.3, -0.25) is 10.1 Å². The third kappa shape index (κ3) is 6.61. The molecule has 166 valence electrons. The monoisotopic (exact) mass is 454 g/mol. The van der Waals surface area contributed by atoms with Gasteiger partial charge < -0.3 is 20.5 Å². The summed E-state index contributed by atoms with van der Waals surface area (Å²) >= 11 is 5.79. The molecule has 2 aromatic carbocycles. The zero-order valence-electron chi connectivity index (χ0n) is 17.8. The van der Waals surface area contributed by atoms with E-state index < -0.39 is 11.7 Å². The summed E-state index contributed by atoms with van der Waals surface area (Å²) < 4.78 is 11.0. The van der Waals surface area contributed by atoms with Gasteiger partial charge in [0.2, 0.25) is 0 Å². The number of pyridine rings is 1. The summed E-state index contributed by atoms with van der Waals surface area (Å²) in [5.74, 6) is 0.905. The second kappa shape index (κ2) is 9.57. The van der Waals surface area contributed by atoms with E-state index in [1.165, 1.54) is 12.3 Å². The van der Waals surface area contributed by atoms with Crippen molar-refractivity contribution in [2.45, 2.75) is 26.4 Å². The van der Waals surface area contributed by atoms with Crippen molar-refractivity contribution in [2.75, 3.05) is 16.4 Å². The maximum atomic E-state index is 12.4. The second-order valence-electron chi connectivity index (χ2n) is 7.82. The number of nitrogens with two attached hydrogens (primary N) is 1. The number of hydrogen-bond donors (Lipinski definition) is 3. The molecule has 0 bridgehead atoms. The lowest BCUT2D eigenvalue weighted by atomic mass is 10.1. The Morgan fingerprint density at radius 2 is 1.72 bits per heavy atom. The van der Waals surface area contributed by atoms with Gasteiger partial charge in [0.1, 0.15) is 22.9 Å². The highest BCUT2D eigenvalue weighted by molar-refractivity contribution is 6.30. The first-order valence-corrected chi connectivity index (χ1v) is 10.1. The zero-order valence-corrected chi connectivity index (χ0v) is 18.6. The molecule has 0 aliphatic heterocycles. The van der Waals surface area contributed by atoms with E-state index in [1.54, 1.807) is 69.3 Å². The number of rotatable bonds is 5. The number of hydrogen-bond acceptors (Lipinski definition) is 6. The van der Waals surface area contributed by atoms with E-state index in [-0.39, 0.29) is 11.6 Å². The van der Waals surface area contributed by atoms with Crippen LogP contribution in [0, 0.1) is 0 Å². The molecule has 2 amide bonds. The quantitative estimate of drug-likeness (QED) is 0.425. The van der Waals surface area contributed by atoms with Gasteiger partial charge in [-0.05, 0) is 75.4 Å². The highest BCUT2D eigenvalue weighted by Gasteiger charge is 2.16. The van der Waals surface area contributed by atoms with Crippen molar-refractivity contribution in [1.29, 1.82) is 0 Å². The third-order valence-corrected chi connectivity index (χ3v) is 4.19. The summed E-state index contributed by atoms with van der Waals surface area (Å²) in [5.41, 5.74) is 6.68. The average Bonchev–Trinajstić information content (AvgIpc) is 2.71. The van der Waals surface area contributed by atoms with E-state index in [0.29, 0.717) is 33.6 Å². The van der Waals surface area contributed by atoms with Gasteiger partial charge in [0.05, 0.1) is 10.7 Å². The first-order chi connectivity index (χ1) is 15.1. The molecule has 9 heteroatoms. The number of carbonyl (C=O) groups excluding carboxylic acids is 2. The van der Waals surface area contributed by atoms with Gasteiger partial charge in [-0.1, -0.05) is 11.6 Å². The Kier molecular flexibility index (Phi) is 6.85. The van der Waals surface area contributed by atoms with Gasteiger partial charge in [-0.25, -0.2) is 9.78 Å². The smallest absolute Gasteiger partial charge is 0.412 e. The highest BCUT2D eigenvalue weighted by atomic mass is 35.5. The molecule has 0 fully saturated rings. The van der Waals surface area contributed by atoms with Gasteiger partial charge >= 0.3 is 6.09 Å². The van der Waals surface area contributed by atoms with E-state index in [2.05, 4.69) is 15.6 Å². The van der Waals surface area contributed by atoms with Crippen molar-refractivity contribution >= 4 is 40.8 Å². The molecule has 0 spiro atoms. The number of ether oxygens (including phenoxy) is 2. The molecular formula is C23H23ClN4O4. The van der Waals surface area contributed by atoms with E-state index in [0.717, 1.165) is 0 Å².